The van der Waals surface area contributed by atoms with Crippen LogP contribution in [-0.4, -0.2) is 56.2 Å². The van der Waals surface area contributed by atoms with E-state index in [9.17, 15) is 18.0 Å². The Kier molecular flexibility index (Phi) is 6.84. The summed E-state index contributed by atoms with van der Waals surface area (Å²) in [7, 11) is -2.72. The molecule has 1 aliphatic rings. The van der Waals surface area contributed by atoms with Gasteiger partial charge in [-0.1, -0.05) is 12.1 Å². The Labute approximate surface area is 171 Å². The highest BCUT2D eigenvalue weighted by Crippen LogP contribution is 2.15. The number of nitrogens with one attached hydrogen (secondary N) is 2. The van der Waals surface area contributed by atoms with Gasteiger partial charge in [0.25, 0.3) is 5.91 Å². The lowest BCUT2D eigenvalue weighted by Gasteiger charge is -2.34. The standard InChI is InChI=1S/C20H24N4O4S/c1-15(25)21-18-6-2-16(3-7-18)14-23-10-12-24(13-11-23)20(26)17-4-8-19(9-5-17)22-29(27)28/h2-9,29H,10-14H2,1H3,(H,21,25)(H,22,27,28). The van der Waals surface area contributed by atoms with Gasteiger partial charge < -0.3 is 10.2 Å². The molecule has 1 saturated heterocycles. The average Bonchev–Trinajstić information content (AvgIpc) is 2.69. The van der Waals surface area contributed by atoms with E-state index in [2.05, 4.69) is 14.9 Å². The predicted octanol–water partition coefficient (Wildman–Crippen LogP) is 1.54. The van der Waals surface area contributed by atoms with Crippen molar-refractivity contribution >= 4 is 34.1 Å². The summed E-state index contributed by atoms with van der Waals surface area (Å²) in [5, 5.41) is 2.75. The maximum absolute atomic E-state index is 12.7. The van der Waals surface area contributed by atoms with Crippen molar-refractivity contribution in [2.24, 2.45) is 0 Å². The van der Waals surface area contributed by atoms with E-state index >= 15 is 0 Å². The fraction of sp³-hybridized carbons (Fsp3) is 0.300. The third-order valence-corrected chi connectivity index (χ3v) is 5.13. The molecule has 0 aromatic heterocycles. The van der Waals surface area contributed by atoms with Gasteiger partial charge in [0.1, 0.15) is 0 Å². The monoisotopic (exact) mass is 416 g/mol. The number of carbonyl (C=O) groups excluding carboxylic acids is 2. The summed E-state index contributed by atoms with van der Waals surface area (Å²) in [5.41, 5.74) is 2.91. The minimum Gasteiger partial charge on any atom is -0.336 e. The van der Waals surface area contributed by atoms with Gasteiger partial charge in [0.15, 0.2) is 0 Å². The number of amides is 2. The van der Waals surface area contributed by atoms with Crippen LogP contribution in [0.15, 0.2) is 48.5 Å². The Balaban J connectivity index is 1.50. The van der Waals surface area contributed by atoms with Crippen LogP contribution < -0.4 is 10.0 Å². The topological polar surface area (TPSA) is 98.8 Å². The van der Waals surface area contributed by atoms with Gasteiger partial charge in [-0.3, -0.25) is 19.2 Å². The van der Waals surface area contributed by atoms with Crippen LogP contribution in [0.3, 0.4) is 0 Å². The molecule has 9 heteroatoms. The van der Waals surface area contributed by atoms with Gasteiger partial charge in [0.2, 0.25) is 16.8 Å². The highest BCUT2D eigenvalue weighted by atomic mass is 32.2. The lowest BCUT2D eigenvalue weighted by molar-refractivity contribution is -0.114. The van der Waals surface area contributed by atoms with Crippen molar-refractivity contribution in [3.8, 4) is 0 Å². The van der Waals surface area contributed by atoms with Crippen molar-refractivity contribution in [2.75, 3.05) is 36.2 Å². The second-order valence-electron chi connectivity index (χ2n) is 6.89. The molecule has 0 aliphatic carbocycles. The van der Waals surface area contributed by atoms with E-state index in [1.807, 2.05) is 29.2 Å². The fourth-order valence-electron chi connectivity index (χ4n) is 3.24. The molecule has 8 nitrogen and oxygen atoms in total. The van der Waals surface area contributed by atoms with Gasteiger partial charge >= 0.3 is 0 Å². The van der Waals surface area contributed by atoms with Crippen LogP contribution in [0.5, 0.6) is 0 Å². The number of carbonyl (C=O) groups is 2. The molecular weight excluding hydrogens is 392 g/mol. The molecule has 0 atom stereocenters. The number of thiol groups is 1. The second-order valence-corrected chi connectivity index (χ2v) is 7.63. The van der Waals surface area contributed by atoms with Crippen molar-refractivity contribution in [3.63, 3.8) is 0 Å². The van der Waals surface area contributed by atoms with Gasteiger partial charge in [-0.2, -0.15) is 0 Å². The maximum atomic E-state index is 12.7. The first-order valence-electron chi connectivity index (χ1n) is 9.30. The van der Waals surface area contributed by atoms with Crippen LogP contribution in [0, 0.1) is 0 Å². The van der Waals surface area contributed by atoms with Gasteiger partial charge in [-0.15, -0.1) is 0 Å². The molecule has 1 aliphatic heterocycles. The molecule has 0 unspecified atom stereocenters. The number of nitrogens with zero attached hydrogens (tertiary/aromatic N) is 2. The molecule has 2 aromatic rings. The largest absolute Gasteiger partial charge is 0.336 e. The van der Waals surface area contributed by atoms with Crippen LogP contribution in [0.1, 0.15) is 22.8 Å². The van der Waals surface area contributed by atoms with Gasteiger partial charge in [0.05, 0.1) is 0 Å². The second kappa shape index (κ2) is 9.53. The summed E-state index contributed by atoms with van der Waals surface area (Å²) in [6, 6.07) is 14.2. The predicted molar refractivity (Wildman–Crippen MR) is 112 cm³/mol. The SMILES string of the molecule is CC(=O)Nc1ccc(CN2CCN(C(=O)c3ccc(N[SH](=O)=O)cc3)CC2)cc1. The Morgan fingerprint density at radius 3 is 2.03 bits per heavy atom. The normalized spacial score (nSPS) is 14.6. The Morgan fingerprint density at radius 1 is 0.897 bits per heavy atom. The third-order valence-electron chi connectivity index (χ3n) is 4.69. The van der Waals surface area contributed by atoms with E-state index < -0.39 is 10.9 Å². The summed E-state index contributed by atoms with van der Waals surface area (Å²) in [5.74, 6) is -0.146. The van der Waals surface area contributed by atoms with Crippen molar-refractivity contribution < 1.29 is 18.0 Å². The molecule has 3 rings (SSSR count). The molecule has 0 saturated carbocycles. The van der Waals surface area contributed by atoms with Crippen molar-refractivity contribution in [2.45, 2.75) is 13.5 Å². The van der Waals surface area contributed by atoms with Gasteiger partial charge in [-0.25, -0.2) is 8.42 Å². The van der Waals surface area contributed by atoms with E-state index in [0.29, 0.717) is 24.3 Å². The van der Waals surface area contributed by atoms with E-state index in [4.69, 9.17) is 0 Å². The molecule has 2 amide bonds. The van der Waals surface area contributed by atoms with E-state index in [1.54, 1.807) is 24.3 Å². The molecule has 1 heterocycles. The van der Waals surface area contributed by atoms with Crippen LogP contribution in [-0.2, 0) is 22.2 Å². The van der Waals surface area contributed by atoms with Crippen molar-refractivity contribution in [3.05, 3.63) is 59.7 Å². The first kappa shape index (κ1) is 20.8. The number of piperazine rings is 1. The molecule has 1 fully saturated rings. The molecular formula is C20H24N4O4S. The highest BCUT2D eigenvalue weighted by Gasteiger charge is 2.22. The first-order chi connectivity index (χ1) is 13.9. The van der Waals surface area contributed by atoms with Crippen LogP contribution in [0.4, 0.5) is 11.4 Å². The van der Waals surface area contributed by atoms with Crippen LogP contribution in [0.25, 0.3) is 0 Å². The van der Waals surface area contributed by atoms with Crippen LogP contribution in [0.2, 0.25) is 0 Å². The number of hydrogen-bond acceptors (Lipinski definition) is 5. The minimum atomic E-state index is -2.72. The number of hydrogen-bond donors (Lipinski definition) is 3. The third kappa shape index (κ3) is 6.03. The van der Waals surface area contributed by atoms with Crippen molar-refractivity contribution in [1.82, 2.24) is 9.80 Å². The Hall–Kier alpha value is -2.91. The zero-order valence-corrected chi connectivity index (χ0v) is 17.0. The number of rotatable bonds is 6. The molecule has 0 radical (unpaired) electrons. The molecule has 0 spiro atoms. The summed E-state index contributed by atoms with van der Waals surface area (Å²) >= 11 is 0. The quantitative estimate of drug-likeness (QED) is 0.621. The Bertz CT molecular complexity index is 926. The number of benzene rings is 2. The molecule has 2 N–H and O–H groups in total. The lowest BCUT2D eigenvalue weighted by Crippen LogP contribution is -2.48. The van der Waals surface area contributed by atoms with Gasteiger partial charge in [-0.05, 0) is 42.0 Å². The summed E-state index contributed by atoms with van der Waals surface area (Å²) < 4.78 is 23.7. The van der Waals surface area contributed by atoms with E-state index in [0.717, 1.165) is 30.9 Å². The van der Waals surface area contributed by atoms with E-state index in [-0.39, 0.29) is 11.8 Å². The highest BCUT2D eigenvalue weighted by molar-refractivity contribution is 7.73. The average molecular weight is 417 g/mol. The fourth-order valence-corrected chi connectivity index (χ4v) is 3.60. The maximum Gasteiger partial charge on any atom is 0.253 e. The van der Waals surface area contributed by atoms with E-state index in [1.165, 1.54) is 6.92 Å². The van der Waals surface area contributed by atoms with Crippen LogP contribution >= 0.6 is 0 Å². The van der Waals surface area contributed by atoms with Gasteiger partial charge in [0, 0.05) is 56.6 Å². The first-order valence-corrected chi connectivity index (χ1v) is 10.5. The summed E-state index contributed by atoms with van der Waals surface area (Å²) in [6.07, 6.45) is 0. The molecule has 154 valence electrons. The number of anilines is 2. The zero-order chi connectivity index (χ0) is 20.8. The lowest BCUT2D eigenvalue weighted by atomic mass is 10.1. The molecule has 29 heavy (non-hydrogen) atoms. The smallest absolute Gasteiger partial charge is 0.253 e. The zero-order valence-electron chi connectivity index (χ0n) is 16.1. The summed E-state index contributed by atoms with van der Waals surface area (Å²) in [6.45, 7) is 5.08. The Morgan fingerprint density at radius 2 is 1.48 bits per heavy atom. The molecule has 2 aromatic carbocycles. The molecule has 0 bridgehead atoms. The minimum absolute atomic E-state index is 0.0534. The summed E-state index contributed by atoms with van der Waals surface area (Å²) in [4.78, 5) is 27.8. The van der Waals surface area contributed by atoms with Crippen molar-refractivity contribution in [1.29, 1.82) is 0 Å².